The Morgan fingerprint density at radius 3 is 2.23 bits per heavy atom. The molecule has 0 aromatic carbocycles. The van der Waals surface area contributed by atoms with E-state index in [1.165, 1.54) is 11.8 Å². The fourth-order valence-electron chi connectivity index (χ4n) is 1.26. The van der Waals surface area contributed by atoms with Crippen molar-refractivity contribution < 1.29 is 25.2 Å². The van der Waals surface area contributed by atoms with Crippen LogP contribution in [-0.4, -0.2) is 63.1 Å². The highest BCUT2D eigenvalue weighted by Gasteiger charge is 2.42. The second kappa shape index (κ2) is 4.59. The van der Waals surface area contributed by atoms with Crippen molar-refractivity contribution in [2.75, 3.05) is 12.9 Å². The van der Waals surface area contributed by atoms with Gasteiger partial charge in [0.05, 0.1) is 6.61 Å². The van der Waals surface area contributed by atoms with Gasteiger partial charge in [0.1, 0.15) is 29.9 Å². The number of ether oxygens (including phenoxy) is 1. The molecule has 4 N–H and O–H groups in total. The molecule has 1 aliphatic rings. The van der Waals surface area contributed by atoms with E-state index in [4.69, 9.17) is 9.84 Å². The molecule has 5 nitrogen and oxygen atoms in total. The Labute approximate surface area is 80.3 Å². The van der Waals surface area contributed by atoms with Gasteiger partial charge in [-0.1, -0.05) is 0 Å². The van der Waals surface area contributed by atoms with Crippen LogP contribution in [0.5, 0.6) is 0 Å². The Morgan fingerprint density at radius 1 is 1.15 bits per heavy atom. The van der Waals surface area contributed by atoms with Gasteiger partial charge in [-0.05, 0) is 6.26 Å². The van der Waals surface area contributed by atoms with Crippen LogP contribution in [0.15, 0.2) is 0 Å². The summed E-state index contributed by atoms with van der Waals surface area (Å²) in [4.78, 5) is 0. The van der Waals surface area contributed by atoms with Crippen molar-refractivity contribution >= 4 is 11.8 Å². The Hall–Kier alpha value is 0.150. The predicted octanol–water partition coefficient (Wildman–Crippen LogP) is -1.85. The van der Waals surface area contributed by atoms with Crippen molar-refractivity contribution in [2.45, 2.75) is 29.9 Å². The maximum atomic E-state index is 9.38. The summed E-state index contributed by atoms with van der Waals surface area (Å²) < 4.78 is 5.13. The average Bonchev–Trinajstić information content (AvgIpc) is 2.15. The van der Waals surface area contributed by atoms with Gasteiger partial charge >= 0.3 is 0 Å². The Morgan fingerprint density at radius 2 is 1.77 bits per heavy atom. The second-order valence-electron chi connectivity index (χ2n) is 2.93. The third-order valence-corrected chi connectivity index (χ3v) is 2.94. The van der Waals surface area contributed by atoms with Gasteiger partial charge in [-0.3, -0.25) is 0 Å². The van der Waals surface area contributed by atoms with Crippen molar-refractivity contribution in [3.8, 4) is 0 Å². The summed E-state index contributed by atoms with van der Waals surface area (Å²) in [6, 6.07) is 0. The number of rotatable bonds is 2. The average molecular weight is 210 g/mol. The summed E-state index contributed by atoms with van der Waals surface area (Å²) in [6.07, 6.45) is -2.72. The van der Waals surface area contributed by atoms with E-state index >= 15 is 0 Å². The lowest BCUT2D eigenvalue weighted by atomic mass is 10.0. The molecule has 1 saturated heterocycles. The summed E-state index contributed by atoms with van der Waals surface area (Å²) in [6.45, 7) is -0.373. The summed E-state index contributed by atoms with van der Waals surface area (Å²) in [5.74, 6) is 0. The zero-order valence-electron chi connectivity index (χ0n) is 7.20. The Kier molecular flexibility index (Phi) is 3.96. The molecular weight excluding hydrogens is 196 g/mol. The minimum atomic E-state index is -1.26. The molecule has 0 unspecified atom stereocenters. The first-order chi connectivity index (χ1) is 6.11. The molecule has 1 aliphatic heterocycles. The molecule has 0 radical (unpaired) electrons. The van der Waals surface area contributed by atoms with E-state index in [9.17, 15) is 15.3 Å². The minimum Gasteiger partial charge on any atom is -0.394 e. The lowest BCUT2D eigenvalue weighted by molar-refractivity contribution is -0.205. The van der Waals surface area contributed by atoms with Gasteiger partial charge in [-0.15, -0.1) is 11.8 Å². The third kappa shape index (κ3) is 2.15. The molecule has 0 aromatic heterocycles. The van der Waals surface area contributed by atoms with E-state index in [0.29, 0.717) is 0 Å². The summed E-state index contributed by atoms with van der Waals surface area (Å²) >= 11 is 1.22. The molecule has 0 aliphatic carbocycles. The minimum absolute atomic E-state index is 0.373. The Bertz CT molecular complexity index is 147. The molecule has 0 amide bonds. The highest BCUT2D eigenvalue weighted by Crippen LogP contribution is 2.26. The summed E-state index contributed by atoms with van der Waals surface area (Å²) in [5.41, 5.74) is -0.601. The molecule has 13 heavy (non-hydrogen) atoms. The predicted molar refractivity (Wildman–Crippen MR) is 47.3 cm³/mol. The zero-order chi connectivity index (χ0) is 10.0. The number of hydrogen-bond acceptors (Lipinski definition) is 6. The van der Waals surface area contributed by atoms with Gasteiger partial charge in [-0.25, -0.2) is 0 Å². The number of thioether (sulfide) groups is 1. The summed E-state index contributed by atoms with van der Waals surface area (Å²) in [7, 11) is 0. The van der Waals surface area contributed by atoms with Crippen LogP contribution < -0.4 is 0 Å². The first-order valence-corrected chi connectivity index (χ1v) is 5.24. The van der Waals surface area contributed by atoms with Crippen LogP contribution in [0.1, 0.15) is 0 Å². The van der Waals surface area contributed by atoms with Gasteiger partial charge in [0.15, 0.2) is 0 Å². The molecule has 78 valence electrons. The summed E-state index contributed by atoms with van der Waals surface area (Å²) in [5, 5.41) is 36.8. The molecule has 1 heterocycles. The molecule has 0 aromatic rings. The van der Waals surface area contributed by atoms with Gasteiger partial charge in [-0.2, -0.15) is 0 Å². The normalized spacial score (nSPS) is 46.4. The van der Waals surface area contributed by atoms with Crippen LogP contribution in [0.3, 0.4) is 0 Å². The second-order valence-corrected chi connectivity index (χ2v) is 3.87. The van der Waals surface area contributed by atoms with E-state index in [-0.39, 0.29) is 6.61 Å². The molecule has 0 spiro atoms. The lowest BCUT2D eigenvalue weighted by Crippen LogP contribution is -2.57. The van der Waals surface area contributed by atoms with Crippen molar-refractivity contribution in [3.05, 3.63) is 0 Å². The van der Waals surface area contributed by atoms with Crippen molar-refractivity contribution in [1.82, 2.24) is 0 Å². The fraction of sp³-hybridized carbons (Fsp3) is 1.00. The highest BCUT2D eigenvalue weighted by molar-refractivity contribution is 7.99. The maximum Gasteiger partial charge on any atom is 0.132 e. The van der Waals surface area contributed by atoms with Crippen LogP contribution >= 0.6 is 11.8 Å². The standard InChI is InChI=1S/C7H14O5S/c1-13-7-6(11)5(10)4(9)3(2-8)12-7/h3-11H,2H2,1H3/t3-,4-,5-,6+,7+/m1/s1. The Balaban J connectivity index is 2.66. The first kappa shape index (κ1) is 11.2. The van der Waals surface area contributed by atoms with Crippen molar-refractivity contribution in [2.24, 2.45) is 0 Å². The molecule has 1 fully saturated rings. The zero-order valence-corrected chi connectivity index (χ0v) is 8.02. The van der Waals surface area contributed by atoms with Crippen molar-refractivity contribution in [3.63, 3.8) is 0 Å². The molecule has 6 heteroatoms. The number of aliphatic hydroxyl groups is 4. The lowest BCUT2D eigenvalue weighted by Gasteiger charge is -2.39. The van der Waals surface area contributed by atoms with Crippen LogP contribution in [0.2, 0.25) is 0 Å². The highest BCUT2D eigenvalue weighted by atomic mass is 32.2. The van der Waals surface area contributed by atoms with Gasteiger partial charge < -0.3 is 25.2 Å². The molecule has 1 rings (SSSR count). The number of aliphatic hydroxyl groups excluding tert-OH is 4. The largest absolute Gasteiger partial charge is 0.394 e. The quantitative estimate of drug-likeness (QED) is 0.428. The van der Waals surface area contributed by atoms with E-state index in [0.717, 1.165) is 0 Å². The topological polar surface area (TPSA) is 90.2 Å². The fourth-order valence-corrected chi connectivity index (χ4v) is 1.96. The van der Waals surface area contributed by atoms with Crippen LogP contribution in [0.25, 0.3) is 0 Å². The molecule has 0 saturated carbocycles. The van der Waals surface area contributed by atoms with Gasteiger partial charge in [0.25, 0.3) is 0 Å². The van der Waals surface area contributed by atoms with Crippen LogP contribution in [-0.2, 0) is 4.74 Å². The maximum absolute atomic E-state index is 9.38. The molecule has 5 atom stereocenters. The van der Waals surface area contributed by atoms with E-state index < -0.39 is 29.9 Å². The van der Waals surface area contributed by atoms with E-state index in [1.807, 2.05) is 0 Å². The van der Waals surface area contributed by atoms with Gasteiger partial charge in [0, 0.05) is 0 Å². The number of hydrogen-bond donors (Lipinski definition) is 4. The monoisotopic (exact) mass is 210 g/mol. The molecular formula is C7H14O5S. The van der Waals surface area contributed by atoms with E-state index in [1.54, 1.807) is 6.26 Å². The smallest absolute Gasteiger partial charge is 0.132 e. The van der Waals surface area contributed by atoms with E-state index in [2.05, 4.69) is 0 Å². The SMILES string of the molecule is CS[C@@H]1O[C@H](CO)[C@@H](O)[C@@H](O)[C@@H]1O. The van der Waals surface area contributed by atoms with Crippen LogP contribution in [0, 0.1) is 0 Å². The van der Waals surface area contributed by atoms with Crippen molar-refractivity contribution in [1.29, 1.82) is 0 Å². The molecule has 0 bridgehead atoms. The first-order valence-electron chi connectivity index (χ1n) is 3.95. The third-order valence-electron chi connectivity index (χ3n) is 2.08. The van der Waals surface area contributed by atoms with Crippen LogP contribution in [0.4, 0.5) is 0 Å². The van der Waals surface area contributed by atoms with Gasteiger partial charge in [0.2, 0.25) is 0 Å².